The monoisotopic (exact) mass is 434 g/mol. The van der Waals surface area contributed by atoms with Crippen LogP contribution in [0.25, 0.3) is 0 Å². The third kappa shape index (κ3) is 5.85. The smallest absolute Gasteiger partial charge is 0.326 e. The van der Waals surface area contributed by atoms with Crippen LogP contribution in [0.4, 0.5) is 31.0 Å². The molecule has 0 heterocycles. The van der Waals surface area contributed by atoms with E-state index in [1.165, 1.54) is 29.2 Å². The van der Waals surface area contributed by atoms with Crippen molar-refractivity contribution in [2.45, 2.75) is 20.8 Å². The second-order valence-corrected chi connectivity index (χ2v) is 7.52. The van der Waals surface area contributed by atoms with Gasteiger partial charge < -0.3 is 16.0 Å². The molecule has 3 N–H and O–H groups in total. The lowest BCUT2D eigenvalue weighted by Gasteiger charge is -2.24. The van der Waals surface area contributed by atoms with Gasteiger partial charge in [-0.25, -0.2) is 14.0 Å². The maximum atomic E-state index is 13.4. The van der Waals surface area contributed by atoms with Gasteiger partial charge in [0.05, 0.1) is 0 Å². The normalized spacial score (nSPS) is 10.4. The summed E-state index contributed by atoms with van der Waals surface area (Å²) < 4.78 is 13.4. The summed E-state index contributed by atoms with van der Waals surface area (Å²) in [4.78, 5) is 26.9. The second-order valence-electron chi connectivity index (χ2n) is 7.52. The van der Waals surface area contributed by atoms with Crippen LogP contribution in [-0.4, -0.2) is 25.2 Å². The number of anilines is 3. The molecule has 0 aromatic heterocycles. The minimum Gasteiger partial charge on any atom is -0.336 e. The van der Waals surface area contributed by atoms with Crippen molar-refractivity contribution in [3.8, 4) is 0 Å². The quantitative estimate of drug-likeness (QED) is 0.472. The molecule has 0 fully saturated rings. The summed E-state index contributed by atoms with van der Waals surface area (Å²) in [7, 11) is 0. The first-order valence-electron chi connectivity index (χ1n) is 10.4. The van der Waals surface area contributed by atoms with Crippen LogP contribution in [0.5, 0.6) is 0 Å². The first-order valence-corrected chi connectivity index (χ1v) is 10.4. The molecule has 32 heavy (non-hydrogen) atoms. The van der Waals surface area contributed by atoms with E-state index in [0.717, 1.165) is 22.4 Å². The molecule has 3 aromatic rings. The number of nitrogens with zero attached hydrogens (tertiary/aromatic N) is 1. The Kier molecular flexibility index (Phi) is 7.44. The summed E-state index contributed by atoms with van der Waals surface area (Å²) in [5.41, 5.74) is 4.82. The number of para-hydroxylation sites is 2. The Balaban J connectivity index is 1.67. The minimum atomic E-state index is -0.390. The number of rotatable bonds is 6. The van der Waals surface area contributed by atoms with Gasteiger partial charge in [-0.2, -0.15) is 0 Å². The van der Waals surface area contributed by atoms with Gasteiger partial charge in [-0.1, -0.05) is 36.4 Å². The number of benzene rings is 3. The van der Waals surface area contributed by atoms with Gasteiger partial charge in [0.2, 0.25) is 0 Å². The zero-order valence-electron chi connectivity index (χ0n) is 18.4. The molecule has 7 heteroatoms. The molecular weight excluding hydrogens is 407 g/mol. The molecule has 0 aliphatic rings. The van der Waals surface area contributed by atoms with Crippen LogP contribution in [0.1, 0.15) is 16.7 Å². The van der Waals surface area contributed by atoms with E-state index in [-0.39, 0.29) is 31.0 Å². The Morgan fingerprint density at radius 3 is 2.09 bits per heavy atom. The van der Waals surface area contributed by atoms with Gasteiger partial charge in [-0.05, 0) is 67.8 Å². The summed E-state index contributed by atoms with van der Waals surface area (Å²) in [6.07, 6.45) is 0. The van der Waals surface area contributed by atoms with Gasteiger partial charge in [-0.3, -0.25) is 4.90 Å². The topological polar surface area (TPSA) is 73.5 Å². The van der Waals surface area contributed by atoms with Crippen LogP contribution < -0.4 is 20.9 Å². The largest absolute Gasteiger partial charge is 0.336 e. The molecule has 3 rings (SSSR count). The number of nitrogens with one attached hydrogen (secondary N) is 3. The molecule has 0 saturated heterocycles. The molecule has 0 aliphatic heterocycles. The standard InChI is InChI=1S/C25H27FN4O2/c1-17-7-4-5-10-22(17)28-25(32)30(21-13-11-20(26)12-14-21)16-15-27-24(31)29-23-18(2)8-6-9-19(23)3/h4-14H,15-16H2,1-3H3,(H,28,32)(H2,27,29,31). The zero-order valence-corrected chi connectivity index (χ0v) is 18.4. The third-order valence-corrected chi connectivity index (χ3v) is 5.11. The van der Waals surface area contributed by atoms with Crippen molar-refractivity contribution in [1.29, 1.82) is 0 Å². The van der Waals surface area contributed by atoms with Gasteiger partial charge in [0.15, 0.2) is 0 Å². The maximum Gasteiger partial charge on any atom is 0.326 e. The fourth-order valence-corrected chi connectivity index (χ4v) is 3.32. The molecule has 4 amide bonds. The van der Waals surface area contributed by atoms with Crippen molar-refractivity contribution in [2.75, 3.05) is 28.6 Å². The lowest BCUT2D eigenvalue weighted by Crippen LogP contribution is -2.42. The highest BCUT2D eigenvalue weighted by atomic mass is 19.1. The average molecular weight is 435 g/mol. The number of carbonyl (C=O) groups excluding carboxylic acids is 2. The lowest BCUT2D eigenvalue weighted by molar-refractivity contribution is 0.250. The molecular formula is C25H27FN4O2. The number of carbonyl (C=O) groups is 2. The predicted octanol–water partition coefficient (Wildman–Crippen LogP) is 5.61. The van der Waals surface area contributed by atoms with E-state index in [1.54, 1.807) is 0 Å². The van der Waals surface area contributed by atoms with Gasteiger partial charge in [-0.15, -0.1) is 0 Å². The number of aryl methyl sites for hydroxylation is 3. The van der Waals surface area contributed by atoms with E-state index in [9.17, 15) is 14.0 Å². The highest BCUT2D eigenvalue weighted by Gasteiger charge is 2.17. The highest BCUT2D eigenvalue weighted by Crippen LogP contribution is 2.20. The molecule has 0 spiro atoms. The first-order chi connectivity index (χ1) is 15.3. The van der Waals surface area contributed by atoms with Crippen LogP contribution in [0.15, 0.2) is 66.7 Å². The molecule has 6 nitrogen and oxygen atoms in total. The van der Waals surface area contributed by atoms with Gasteiger partial charge in [0.1, 0.15) is 5.82 Å². The second kappa shape index (κ2) is 10.4. The fourth-order valence-electron chi connectivity index (χ4n) is 3.32. The van der Waals surface area contributed by atoms with Crippen molar-refractivity contribution in [3.63, 3.8) is 0 Å². The van der Waals surface area contributed by atoms with Crippen molar-refractivity contribution >= 4 is 29.1 Å². The summed E-state index contributed by atoms with van der Waals surface area (Å²) in [6, 6.07) is 18.1. The highest BCUT2D eigenvalue weighted by molar-refractivity contribution is 6.02. The van der Waals surface area contributed by atoms with Gasteiger partial charge in [0.25, 0.3) is 0 Å². The number of hydrogen-bond donors (Lipinski definition) is 3. The average Bonchev–Trinajstić information content (AvgIpc) is 2.76. The molecule has 0 atom stereocenters. The summed E-state index contributed by atoms with van der Waals surface area (Å²) >= 11 is 0. The van der Waals surface area contributed by atoms with Crippen LogP contribution in [0.3, 0.4) is 0 Å². The van der Waals surface area contributed by atoms with Crippen LogP contribution in [0.2, 0.25) is 0 Å². The van der Waals surface area contributed by atoms with Gasteiger partial charge >= 0.3 is 12.1 Å². The van der Waals surface area contributed by atoms with Crippen molar-refractivity contribution in [1.82, 2.24) is 5.32 Å². The first kappa shape index (κ1) is 22.8. The van der Waals surface area contributed by atoms with Crippen LogP contribution in [-0.2, 0) is 0 Å². The van der Waals surface area contributed by atoms with E-state index in [4.69, 9.17) is 0 Å². The van der Waals surface area contributed by atoms with Crippen LogP contribution in [0, 0.1) is 26.6 Å². The Labute approximate surface area is 187 Å². The Bertz CT molecular complexity index is 1080. The molecule has 0 radical (unpaired) electrons. The fraction of sp³-hybridized carbons (Fsp3) is 0.200. The Morgan fingerprint density at radius 2 is 1.44 bits per heavy atom. The Hall–Kier alpha value is -3.87. The SMILES string of the molecule is Cc1ccccc1NC(=O)N(CCNC(=O)Nc1c(C)cccc1C)c1ccc(F)cc1. The van der Waals surface area contributed by atoms with Crippen molar-refractivity contribution < 1.29 is 14.0 Å². The third-order valence-electron chi connectivity index (χ3n) is 5.11. The molecule has 3 aromatic carbocycles. The molecule has 0 aliphatic carbocycles. The van der Waals surface area contributed by atoms with E-state index in [0.29, 0.717) is 11.4 Å². The predicted molar refractivity (Wildman–Crippen MR) is 127 cm³/mol. The van der Waals surface area contributed by atoms with Gasteiger partial charge in [0, 0.05) is 30.2 Å². The van der Waals surface area contributed by atoms with E-state index < -0.39 is 0 Å². The summed E-state index contributed by atoms with van der Waals surface area (Å²) in [6.45, 7) is 6.15. The number of halogens is 1. The molecule has 0 saturated carbocycles. The van der Waals surface area contributed by atoms with Crippen LogP contribution >= 0.6 is 0 Å². The van der Waals surface area contributed by atoms with Crippen molar-refractivity contribution in [3.05, 3.63) is 89.2 Å². The zero-order chi connectivity index (χ0) is 23.1. The van der Waals surface area contributed by atoms with E-state index in [2.05, 4.69) is 16.0 Å². The molecule has 166 valence electrons. The number of urea groups is 2. The summed E-state index contributed by atoms with van der Waals surface area (Å²) in [5, 5.41) is 8.52. The Morgan fingerprint density at radius 1 is 0.812 bits per heavy atom. The number of amides is 4. The van der Waals surface area contributed by atoms with E-state index >= 15 is 0 Å². The minimum absolute atomic E-state index is 0.198. The lowest BCUT2D eigenvalue weighted by atomic mass is 10.1. The number of hydrogen-bond acceptors (Lipinski definition) is 2. The summed E-state index contributed by atoms with van der Waals surface area (Å²) in [5.74, 6) is -0.390. The van der Waals surface area contributed by atoms with E-state index in [1.807, 2.05) is 63.2 Å². The van der Waals surface area contributed by atoms with Crippen molar-refractivity contribution in [2.24, 2.45) is 0 Å². The molecule has 0 bridgehead atoms. The maximum absolute atomic E-state index is 13.4. The molecule has 0 unspecified atom stereocenters.